The van der Waals surface area contributed by atoms with Crippen LogP contribution in [0.25, 0.3) is 0 Å². The molecular weight excluding hydrogens is 268 g/mol. The standard InChI is InChI=1S/C16H20N2O3/c1-11-14(7-9-17-11)16(19)18-8-6-12-10-13(20-2)4-5-15(12)21-3/h4-5,7,9-10,17H,6,8H2,1-3H3,(H,18,19). The lowest BCUT2D eigenvalue weighted by Gasteiger charge is -2.11. The molecule has 2 aromatic rings. The van der Waals surface area contributed by atoms with Gasteiger partial charge in [0.05, 0.1) is 19.8 Å². The number of carbonyl (C=O) groups excluding carboxylic acids is 1. The fourth-order valence-corrected chi connectivity index (χ4v) is 2.18. The SMILES string of the molecule is COc1ccc(OC)c(CCNC(=O)c2cc[nH]c2C)c1. The summed E-state index contributed by atoms with van der Waals surface area (Å²) in [5, 5.41) is 2.91. The van der Waals surface area contributed by atoms with Crippen molar-refractivity contribution < 1.29 is 14.3 Å². The van der Waals surface area contributed by atoms with Gasteiger partial charge in [-0.2, -0.15) is 0 Å². The number of aromatic amines is 1. The van der Waals surface area contributed by atoms with E-state index in [9.17, 15) is 4.79 Å². The van der Waals surface area contributed by atoms with Crippen LogP contribution in [0.5, 0.6) is 11.5 Å². The first-order valence-electron chi connectivity index (χ1n) is 6.78. The lowest BCUT2D eigenvalue weighted by atomic mass is 10.1. The minimum atomic E-state index is -0.0735. The van der Waals surface area contributed by atoms with Crippen molar-refractivity contribution in [1.82, 2.24) is 10.3 Å². The summed E-state index contributed by atoms with van der Waals surface area (Å²) in [6.07, 6.45) is 2.44. The number of methoxy groups -OCH3 is 2. The first-order chi connectivity index (χ1) is 10.2. The van der Waals surface area contributed by atoms with E-state index in [1.807, 2.05) is 25.1 Å². The Kier molecular flexibility index (Phi) is 4.87. The number of hydrogen-bond donors (Lipinski definition) is 2. The number of nitrogens with one attached hydrogen (secondary N) is 2. The zero-order valence-corrected chi connectivity index (χ0v) is 12.5. The van der Waals surface area contributed by atoms with Crippen molar-refractivity contribution in [2.24, 2.45) is 0 Å². The lowest BCUT2D eigenvalue weighted by Crippen LogP contribution is -2.26. The van der Waals surface area contributed by atoms with Crippen LogP contribution in [0.1, 0.15) is 21.6 Å². The van der Waals surface area contributed by atoms with Gasteiger partial charge in [0.25, 0.3) is 5.91 Å². The zero-order valence-electron chi connectivity index (χ0n) is 12.5. The highest BCUT2D eigenvalue weighted by atomic mass is 16.5. The fourth-order valence-electron chi connectivity index (χ4n) is 2.18. The minimum Gasteiger partial charge on any atom is -0.497 e. The maximum atomic E-state index is 12.0. The summed E-state index contributed by atoms with van der Waals surface area (Å²) in [5.74, 6) is 1.50. The molecule has 0 radical (unpaired) electrons. The summed E-state index contributed by atoms with van der Waals surface area (Å²) in [7, 11) is 3.26. The van der Waals surface area contributed by atoms with E-state index in [0.717, 1.165) is 22.8 Å². The molecule has 0 unspecified atom stereocenters. The number of ether oxygens (including phenoxy) is 2. The van der Waals surface area contributed by atoms with Gasteiger partial charge in [0.1, 0.15) is 11.5 Å². The molecule has 1 aromatic carbocycles. The second kappa shape index (κ2) is 6.83. The van der Waals surface area contributed by atoms with E-state index >= 15 is 0 Å². The molecule has 5 nitrogen and oxygen atoms in total. The Labute approximate surface area is 124 Å². The molecular formula is C16H20N2O3. The smallest absolute Gasteiger partial charge is 0.253 e. The highest BCUT2D eigenvalue weighted by Gasteiger charge is 2.10. The maximum absolute atomic E-state index is 12.0. The summed E-state index contributed by atoms with van der Waals surface area (Å²) in [4.78, 5) is 15.0. The number of rotatable bonds is 6. The number of aromatic nitrogens is 1. The molecule has 1 aromatic heterocycles. The van der Waals surface area contributed by atoms with Crippen LogP contribution in [0.3, 0.4) is 0 Å². The Hall–Kier alpha value is -2.43. The molecule has 0 spiro atoms. The molecule has 0 atom stereocenters. The molecule has 5 heteroatoms. The average Bonchev–Trinajstić information content (AvgIpc) is 2.93. The van der Waals surface area contributed by atoms with Crippen molar-refractivity contribution in [3.05, 3.63) is 47.3 Å². The van der Waals surface area contributed by atoms with Crippen molar-refractivity contribution >= 4 is 5.91 Å². The van der Waals surface area contributed by atoms with E-state index in [1.54, 1.807) is 26.5 Å². The third-order valence-electron chi connectivity index (χ3n) is 3.37. The highest BCUT2D eigenvalue weighted by molar-refractivity contribution is 5.95. The zero-order chi connectivity index (χ0) is 15.2. The molecule has 0 bridgehead atoms. The largest absolute Gasteiger partial charge is 0.497 e. The number of H-pyrrole nitrogens is 1. The second-order valence-electron chi connectivity index (χ2n) is 4.70. The van der Waals surface area contributed by atoms with E-state index < -0.39 is 0 Å². The summed E-state index contributed by atoms with van der Waals surface area (Å²) in [5.41, 5.74) is 2.54. The van der Waals surface area contributed by atoms with Gasteiger partial charge >= 0.3 is 0 Å². The van der Waals surface area contributed by atoms with Crippen LogP contribution >= 0.6 is 0 Å². The third kappa shape index (κ3) is 3.56. The Morgan fingerprint density at radius 2 is 2.05 bits per heavy atom. The van der Waals surface area contributed by atoms with Crippen LogP contribution in [0.2, 0.25) is 0 Å². The maximum Gasteiger partial charge on any atom is 0.253 e. The average molecular weight is 288 g/mol. The number of benzene rings is 1. The predicted molar refractivity (Wildman–Crippen MR) is 81.1 cm³/mol. The van der Waals surface area contributed by atoms with Gasteiger partial charge in [-0.05, 0) is 43.2 Å². The van der Waals surface area contributed by atoms with Crippen molar-refractivity contribution in [3.8, 4) is 11.5 Å². The molecule has 1 amide bonds. The molecule has 112 valence electrons. The Bertz CT molecular complexity index is 620. The Morgan fingerprint density at radius 3 is 2.67 bits per heavy atom. The van der Waals surface area contributed by atoms with Gasteiger partial charge in [0.15, 0.2) is 0 Å². The van der Waals surface area contributed by atoms with Crippen molar-refractivity contribution in [2.45, 2.75) is 13.3 Å². The summed E-state index contributed by atoms with van der Waals surface area (Å²) in [6.45, 7) is 2.41. The third-order valence-corrected chi connectivity index (χ3v) is 3.37. The van der Waals surface area contributed by atoms with Gasteiger partial charge in [-0.15, -0.1) is 0 Å². The molecule has 0 fully saturated rings. The lowest BCUT2D eigenvalue weighted by molar-refractivity contribution is 0.0953. The van der Waals surface area contributed by atoms with Gasteiger partial charge in [0, 0.05) is 18.4 Å². The van der Waals surface area contributed by atoms with Crippen LogP contribution in [0.15, 0.2) is 30.5 Å². The van der Waals surface area contributed by atoms with Crippen molar-refractivity contribution in [2.75, 3.05) is 20.8 Å². The van der Waals surface area contributed by atoms with Gasteiger partial charge < -0.3 is 19.8 Å². The molecule has 21 heavy (non-hydrogen) atoms. The molecule has 0 aliphatic heterocycles. The number of hydrogen-bond acceptors (Lipinski definition) is 3. The minimum absolute atomic E-state index is 0.0735. The normalized spacial score (nSPS) is 10.2. The molecule has 2 N–H and O–H groups in total. The van der Waals surface area contributed by atoms with Gasteiger partial charge in [0.2, 0.25) is 0 Å². The molecule has 1 heterocycles. The fraction of sp³-hybridized carbons (Fsp3) is 0.312. The van der Waals surface area contributed by atoms with Crippen molar-refractivity contribution in [1.29, 1.82) is 0 Å². The first kappa shape index (κ1) is 15.0. The number of amides is 1. The summed E-state index contributed by atoms with van der Waals surface area (Å²) >= 11 is 0. The monoisotopic (exact) mass is 288 g/mol. The second-order valence-corrected chi connectivity index (χ2v) is 4.70. The van der Waals surface area contributed by atoms with Gasteiger partial charge in [-0.25, -0.2) is 0 Å². The number of aryl methyl sites for hydroxylation is 1. The van der Waals surface area contributed by atoms with Crippen LogP contribution in [0, 0.1) is 6.92 Å². The predicted octanol–water partition coefficient (Wildman–Crippen LogP) is 2.31. The van der Waals surface area contributed by atoms with E-state index in [0.29, 0.717) is 18.5 Å². The van der Waals surface area contributed by atoms with E-state index in [4.69, 9.17) is 9.47 Å². The molecule has 0 saturated heterocycles. The molecule has 0 aliphatic carbocycles. The number of carbonyl (C=O) groups is 1. The Balaban J connectivity index is 1.97. The summed E-state index contributed by atoms with van der Waals surface area (Å²) < 4.78 is 10.5. The van der Waals surface area contributed by atoms with Crippen LogP contribution in [0.4, 0.5) is 0 Å². The van der Waals surface area contributed by atoms with Gasteiger partial charge in [-0.3, -0.25) is 4.79 Å². The molecule has 2 rings (SSSR count). The Morgan fingerprint density at radius 1 is 1.24 bits per heavy atom. The van der Waals surface area contributed by atoms with E-state index in [1.165, 1.54) is 0 Å². The van der Waals surface area contributed by atoms with E-state index in [-0.39, 0.29) is 5.91 Å². The molecule has 0 aliphatic rings. The van der Waals surface area contributed by atoms with Crippen LogP contribution < -0.4 is 14.8 Å². The highest BCUT2D eigenvalue weighted by Crippen LogP contribution is 2.24. The summed E-state index contributed by atoms with van der Waals surface area (Å²) in [6, 6.07) is 7.42. The first-order valence-corrected chi connectivity index (χ1v) is 6.78. The van der Waals surface area contributed by atoms with Crippen LogP contribution in [-0.4, -0.2) is 31.7 Å². The molecule has 0 saturated carbocycles. The quantitative estimate of drug-likeness (QED) is 0.857. The van der Waals surface area contributed by atoms with Crippen LogP contribution in [-0.2, 0) is 6.42 Å². The van der Waals surface area contributed by atoms with Gasteiger partial charge in [-0.1, -0.05) is 0 Å². The van der Waals surface area contributed by atoms with E-state index in [2.05, 4.69) is 10.3 Å². The van der Waals surface area contributed by atoms with Crippen molar-refractivity contribution in [3.63, 3.8) is 0 Å². The topological polar surface area (TPSA) is 63.4 Å².